The van der Waals surface area contributed by atoms with Crippen LogP contribution in [-0.4, -0.2) is 49.9 Å². The monoisotopic (exact) mass is 471 g/mol. The molecule has 0 aliphatic carbocycles. The van der Waals surface area contributed by atoms with Crippen LogP contribution in [0.4, 0.5) is 5.13 Å². The molecule has 5 rings (SSSR count). The van der Waals surface area contributed by atoms with Crippen LogP contribution in [-0.2, 0) is 14.8 Å². The molecule has 164 valence electrons. The number of carbonyl (C=O) groups is 1. The van der Waals surface area contributed by atoms with E-state index in [2.05, 4.69) is 10.3 Å². The van der Waals surface area contributed by atoms with E-state index in [1.165, 1.54) is 22.5 Å². The Balaban J connectivity index is 1.42. The lowest BCUT2D eigenvalue weighted by Gasteiger charge is -2.25. The van der Waals surface area contributed by atoms with Crippen LogP contribution in [0.2, 0.25) is 0 Å². The van der Waals surface area contributed by atoms with Gasteiger partial charge in [0.15, 0.2) is 5.13 Å². The number of nitrogens with zero attached hydrogens (tertiary/aromatic N) is 2. The third-order valence-electron chi connectivity index (χ3n) is 5.07. The number of hydrogen-bond donors (Lipinski definition) is 1. The Morgan fingerprint density at radius 3 is 2.69 bits per heavy atom. The maximum atomic E-state index is 12.9. The van der Waals surface area contributed by atoms with Crippen molar-refractivity contribution in [3.8, 4) is 0 Å². The summed E-state index contributed by atoms with van der Waals surface area (Å²) in [5.41, 5.74) is 0.0413. The van der Waals surface area contributed by atoms with Crippen LogP contribution in [0.3, 0.4) is 0 Å². The minimum atomic E-state index is -3.65. The molecule has 3 heterocycles. The first kappa shape index (κ1) is 20.8. The number of hydrogen-bond acceptors (Lipinski definition) is 8. The van der Waals surface area contributed by atoms with Crippen LogP contribution in [0, 0.1) is 0 Å². The smallest absolute Gasteiger partial charge is 0.349 e. The quantitative estimate of drug-likeness (QED) is 0.455. The van der Waals surface area contributed by atoms with Crippen molar-refractivity contribution in [1.82, 2.24) is 9.29 Å². The molecule has 0 radical (unpaired) electrons. The van der Waals surface area contributed by atoms with Crippen LogP contribution in [0.5, 0.6) is 0 Å². The number of ether oxygens (including phenoxy) is 1. The number of benzene rings is 2. The minimum absolute atomic E-state index is 0.140. The highest BCUT2D eigenvalue weighted by atomic mass is 32.2. The maximum Gasteiger partial charge on any atom is 0.349 e. The van der Waals surface area contributed by atoms with Gasteiger partial charge < -0.3 is 9.15 Å². The Labute approximate surface area is 186 Å². The Bertz CT molecular complexity index is 1500. The van der Waals surface area contributed by atoms with Gasteiger partial charge >= 0.3 is 5.63 Å². The highest BCUT2D eigenvalue weighted by Gasteiger charge is 2.27. The van der Waals surface area contributed by atoms with Crippen molar-refractivity contribution in [3.63, 3.8) is 0 Å². The van der Waals surface area contributed by atoms with E-state index < -0.39 is 21.6 Å². The Kier molecular flexibility index (Phi) is 5.25. The molecule has 1 aliphatic rings. The van der Waals surface area contributed by atoms with Gasteiger partial charge in [-0.05, 0) is 30.3 Å². The molecule has 1 amide bonds. The van der Waals surface area contributed by atoms with Gasteiger partial charge in [0.05, 0.1) is 28.3 Å². The normalized spacial score (nSPS) is 15.2. The largest absolute Gasteiger partial charge is 0.422 e. The van der Waals surface area contributed by atoms with Crippen molar-refractivity contribution in [2.24, 2.45) is 0 Å². The summed E-state index contributed by atoms with van der Waals surface area (Å²) in [5, 5.41) is 3.48. The zero-order valence-electron chi connectivity index (χ0n) is 16.6. The fraction of sp³-hybridized carbons (Fsp3) is 0.190. The molecular formula is C21H17N3O6S2. The molecule has 0 spiro atoms. The fourth-order valence-corrected chi connectivity index (χ4v) is 5.85. The topological polar surface area (TPSA) is 119 Å². The summed E-state index contributed by atoms with van der Waals surface area (Å²) in [6, 6.07) is 13.0. The summed E-state index contributed by atoms with van der Waals surface area (Å²) in [7, 11) is -3.65. The number of amides is 1. The lowest BCUT2D eigenvalue weighted by atomic mass is 10.2. The average Bonchev–Trinajstić information content (AvgIpc) is 3.20. The number of morpholine rings is 1. The summed E-state index contributed by atoms with van der Waals surface area (Å²) in [6.45, 7) is 1.33. The molecule has 0 bridgehead atoms. The van der Waals surface area contributed by atoms with Crippen molar-refractivity contribution in [2.45, 2.75) is 4.90 Å². The van der Waals surface area contributed by atoms with E-state index in [0.29, 0.717) is 47.5 Å². The third-order valence-corrected chi connectivity index (χ3v) is 7.90. The van der Waals surface area contributed by atoms with Gasteiger partial charge in [-0.3, -0.25) is 10.1 Å². The van der Waals surface area contributed by atoms with Crippen LogP contribution in [0.25, 0.3) is 21.2 Å². The average molecular weight is 472 g/mol. The molecule has 0 saturated carbocycles. The molecule has 1 saturated heterocycles. The number of para-hydroxylation sites is 1. The first-order valence-corrected chi connectivity index (χ1v) is 12.0. The highest BCUT2D eigenvalue weighted by Crippen LogP contribution is 2.29. The molecule has 4 aromatic rings. The standard InChI is InChI=1S/C21H17N3O6S2/c25-19(15-11-13-3-1-2-4-17(13)30-20(15)26)23-21-22-16-6-5-14(12-18(16)31-21)32(27,28)24-7-9-29-10-8-24/h1-6,11-12H,7-10H2,(H,22,23,25). The van der Waals surface area contributed by atoms with Gasteiger partial charge in [0, 0.05) is 18.5 Å². The number of aromatic nitrogens is 1. The van der Waals surface area contributed by atoms with Crippen molar-refractivity contribution in [1.29, 1.82) is 0 Å². The van der Waals surface area contributed by atoms with Crippen molar-refractivity contribution >= 4 is 53.6 Å². The van der Waals surface area contributed by atoms with E-state index >= 15 is 0 Å². The van der Waals surface area contributed by atoms with Crippen LogP contribution in [0.1, 0.15) is 10.4 Å². The molecule has 0 atom stereocenters. The molecule has 1 fully saturated rings. The Morgan fingerprint density at radius 2 is 1.88 bits per heavy atom. The second kappa shape index (κ2) is 8.10. The van der Waals surface area contributed by atoms with E-state index in [1.807, 2.05) is 0 Å². The lowest BCUT2D eigenvalue weighted by molar-refractivity contribution is 0.0730. The third kappa shape index (κ3) is 3.79. The Morgan fingerprint density at radius 1 is 1.09 bits per heavy atom. The van der Waals surface area contributed by atoms with E-state index in [9.17, 15) is 18.0 Å². The van der Waals surface area contributed by atoms with Crippen molar-refractivity contribution in [3.05, 3.63) is 64.5 Å². The van der Waals surface area contributed by atoms with Crippen molar-refractivity contribution in [2.75, 3.05) is 31.6 Å². The molecule has 2 aromatic carbocycles. The SMILES string of the molecule is O=C(Nc1nc2ccc(S(=O)(=O)N3CCOCC3)cc2s1)c1cc2ccccc2oc1=O. The van der Waals surface area contributed by atoms with E-state index in [0.717, 1.165) is 11.3 Å². The van der Waals surface area contributed by atoms with Crippen LogP contribution < -0.4 is 10.9 Å². The molecule has 0 unspecified atom stereocenters. The van der Waals surface area contributed by atoms with E-state index in [1.54, 1.807) is 30.3 Å². The molecule has 9 nitrogen and oxygen atoms in total. The molecule has 2 aromatic heterocycles. The Hall–Kier alpha value is -3.12. The number of fused-ring (bicyclic) bond motifs is 2. The van der Waals surface area contributed by atoms with Crippen LogP contribution >= 0.6 is 11.3 Å². The zero-order chi connectivity index (χ0) is 22.3. The maximum absolute atomic E-state index is 12.9. The number of thiazole rings is 1. The van der Waals surface area contributed by atoms with Crippen LogP contribution in [0.15, 0.2) is 62.6 Å². The highest BCUT2D eigenvalue weighted by molar-refractivity contribution is 7.89. The predicted octanol–water partition coefficient (Wildman–Crippen LogP) is 2.68. The van der Waals surface area contributed by atoms with Gasteiger partial charge in [0.1, 0.15) is 11.1 Å². The van der Waals surface area contributed by atoms with Gasteiger partial charge in [-0.25, -0.2) is 18.2 Å². The van der Waals surface area contributed by atoms with Gasteiger partial charge in [0.25, 0.3) is 5.91 Å². The van der Waals surface area contributed by atoms with E-state index in [-0.39, 0.29) is 15.6 Å². The summed E-state index contributed by atoms with van der Waals surface area (Å²) in [4.78, 5) is 29.4. The molecular weight excluding hydrogens is 454 g/mol. The number of carbonyl (C=O) groups excluding carboxylic acids is 1. The van der Waals surface area contributed by atoms with Gasteiger partial charge in [-0.15, -0.1) is 0 Å². The lowest BCUT2D eigenvalue weighted by Crippen LogP contribution is -2.40. The fourth-order valence-electron chi connectivity index (χ4n) is 3.44. The number of nitrogens with one attached hydrogen (secondary N) is 1. The molecule has 32 heavy (non-hydrogen) atoms. The molecule has 11 heteroatoms. The first-order chi connectivity index (χ1) is 15.4. The summed E-state index contributed by atoms with van der Waals surface area (Å²) in [5.74, 6) is -0.648. The number of anilines is 1. The molecule has 1 aliphatic heterocycles. The van der Waals surface area contributed by atoms with E-state index in [4.69, 9.17) is 9.15 Å². The summed E-state index contributed by atoms with van der Waals surface area (Å²) in [6.07, 6.45) is 0. The summed E-state index contributed by atoms with van der Waals surface area (Å²) < 4.78 is 38.2. The second-order valence-electron chi connectivity index (χ2n) is 7.10. The number of sulfonamides is 1. The van der Waals surface area contributed by atoms with Gasteiger partial charge in [-0.2, -0.15) is 4.31 Å². The van der Waals surface area contributed by atoms with Gasteiger partial charge in [-0.1, -0.05) is 29.5 Å². The minimum Gasteiger partial charge on any atom is -0.422 e. The van der Waals surface area contributed by atoms with Gasteiger partial charge in [0.2, 0.25) is 10.0 Å². The number of rotatable bonds is 4. The summed E-state index contributed by atoms with van der Waals surface area (Å²) >= 11 is 1.12. The van der Waals surface area contributed by atoms with Crippen molar-refractivity contribution < 1.29 is 22.4 Å². The second-order valence-corrected chi connectivity index (χ2v) is 10.1. The zero-order valence-corrected chi connectivity index (χ0v) is 18.2. The first-order valence-electron chi connectivity index (χ1n) is 9.74. The molecule has 1 N–H and O–H groups in total. The predicted molar refractivity (Wildman–Crippen MR) is 120 cm³/mol.